The fourth-order valence-corrected chi connectivity index (χ4v) is 3.38. The number of halogens is 1. The van der Waals surface area contributed by atoms with E-state index in [1.165, 1.54) is 0 Å². The molecule has 0 saturated carbocycles. The zero-order chi connectivity index (χ0) is 21.5. The van der Waals surface area contributed by atoms with Crippen molar-refractivity contribution in [1.29, 1.82) is 0 Å². The summed E-state index contributed by atoms with van der Waals surface area (Å²) in [6.45, 7) is 2.90. The van der Waals surface area contributed by atoms with Gasteiger partial charge in [-0.15, -0.1) is 0 Å². The van der Waals surface area contributed by atoms with Gasteiger partial charge in [-0.1, -0.05) is 71.7 Å². The Hall–Kier alpha value is -3.18. The Kier molecular flexibility index (Phi) is 6.95. The van der Waals surface area contributed by atoms with Crippen molar-refractivity contribution in [2.24, 2.45) is 0 Å². The highest BCUT2D eigenvalue weighted by molar-refractivity contribution is 9.10. The van der Waals surface area contributed by atoms with Gasteiger partial charge in [-0.2, -0.15) is 0 Å². The second kappa shape index (κ2) is 10.2. The smallest absolute Gasteiger partial charge is 0.162 e. The number of nitrogens with zero attached hydrogens (tertiary/aromatic N) is 2. The van der Waals surface area contributed by atoms with Crippen molar-refractivity contribution in [3.63, 3.8) is 0 Å². The highest BCUT2D eigenvalue weighted by Gasteiger charge is 2.09. The van der Waals surface area contributed by atoms with Gasteiger partial charge in [0.2, 0.25) is 0 Å². The van der Waals surface area contributed by atoms with Gasteiger partial charge in [-0.05, 0) is 42.8 Å². The molecule has 156 valence electrons. The number of ether oxygens (including phenoxy) is 1. The molecule has 0 atom stereocenters. The number of benzene rings is 3. The molecule has 0 spiro atoms. The third kappa shape index (κ3) is 5.70. The van der Waals surface area contributed by atoms with E-state index in [0.717, 1.165) is 58.0 Å². The van der Waals surface area contributed by atoms with E-state index < -0.39 is 0 Å². The normalized spacial score (nSPS) is 10.6. The van der Waals surface area contributed by atoms with Crippen molar-refractivity contribution < 1.29 is 4.74 Å². The number of hydrogen-bond donors (Lipinski definition) is 1. The van der Waals surface area contributed by atoms with E-state index in [2.05, 4.69) is 40.3 Å². The predicted octanol–water partition coefficient (Wildman–Crippen LogP) is 7.50. The van der Waals surface area contributed by atoms with Crippen molar-refractivity contribution >= 4 is 27.4 Å². The molecule has 0 aliphatic heterocycles. The molecule has 1 N–H and O–H groups in total. The molecule has 0 radical (unpaired) electrons. The first kappa shape index (κ1) is 21.1. The summed E-state index contributed by atoms with van der Waals surface area (Å²) in [5.74, 6) is 2.30. The maximum Gasteiger partial charge on any atom is 0.162 e. The molecule has 0 amide bonds. The van der Waals surface area contributed by atoms with Crippen LogP contribution in [0, 0.1) is 0 Å². The molecule has 0 unspecified atom stereocenters. The average molecular weight is 474 g/mol. The topological polar surface area (TPSA) is 47.0 Å². The van der Waals surface area contributed by atoms with Crippen molar-refractivity contribution in [3.8, 4) is 28.4 Å². The molecule has 0 fully saturated rings. The van der Waals surface area contributed by atoms with Crippen LogP contribution in [0.4, 0.5) is 11.5 Å². The molecule has 5 heteroatoms. The summed E-state index contributed by atoms with van der Waals surface area (Å²) in [7, 11) is 0. The SMILES string of the molecule is CCCCOc1ccc(Nc2cc(-c3ccccc3)nc(-c3ccc(Br)cc3)n2)cc1. The summed E-state index contributed by atoms with van der Waals surface area (Å²) in [6, 6.07) is 28.1. The monoisotopic (exact) mass is 473 g/mol. The molecule has 1 aromatic heterocycles. The van der Waals surface area contributed by atoms with Crippen molar-refractivity contribution in [2.75, 3.05) is 11.9 Å². The molecule has 0 bridgehead atoms. The molecule has 4 nitrogen and oxygen atoms in total. The molecule has 3 aromatic carbocycles. The van der Waals surface area contributed by atoms with E-state index in [0.29, 0.717) is 5.82 Å². The Morgan fingerprint density at radius 2 is 1.58 bits per heavy atom. The van der Waals surface area contributed by atoms with Crippen LogP contribution in [0.2, 0.25) is 0 Å². The summed E-state index contributed by atoms with van der Waals surface area (Å²) in [6.07, 6.45) is 2.18. The number of rotatable bonds is 8. The molecule has 0 aliphatic carbocycles. The molecule has 4 rings (SSSR count). The second-order valence-corrected chi connectivity index (χ2v) is 8.10. The lowest BCUT2D eigenvalue weighted by Crippen LogP contribution is -2.00. The molecular formula is C26H24BrN3O. The Balaban J connectivity index is 1.63. The molecule has 0 aliphatic rings. The van der Waals surface area contributed by atoms with E-state index in [1.807, 2.05) is 72.8 Å². The van der Waals surface area contributed by atoms with E-state index in [-0.39, 0.29) is 0 Å². The maximum atomic E-state index is 5.76. The van der Waals surface area contributed by atoms with Crippen LogP contribution in [0.1, 0.15) is 19.8 Å². The third-order valence-corrected chi connectivity index (χ3v) is 5.32. The van der Waals surface area contributed by atoms with Crippen LogP contribution >= 0.6 is 15.9 Å². The minimum absolute atomic E-state index is 0.677. The molecule has 31 heavy (non-hydrogen) atoms. The second-order valence-electron chi connectivity index (χ2n) is 7.19. The molecular weight excluding hydrogens is 450 g/mol. The first-order chi connectivity index (χ1) is 15.2. The number of aromatic nitrogens is 2. The molecule has 1 heterocycles. The summed E-state index contributed by atoms with van der Waals surface area (Å²) in [4.78, 5) is 9.58. The maximum absolute atomic E-state index is 5.76. The average Bonchev–Trinajstić information content (AvgIpc) is 2.81. The fraction of sp³-hybridized carbons (Fsp3) is 0.154. The van der Waals surface area contributed by atoms with Gasteiger partial charge in [0.25, 0.3) is 0 Å². The van der Waals surface area contributed by atoms with Crippen LogP contribution in [0.25, 0.3) is 22.6 Å². The molecule has 4 aromatic rings. The Morgan fingerprint density at radius 1 is 0.839 bits per heavy atom. The zero-order valence-corrected chi connectivity index (χ0v) is 19.0. The van der Waals surface area contributed by atoms with Gasteiger partial charge in [0, 0.05) is 27.4 Å². The van der Waals surface area contributed by atoms with E-state index in [1.54, 1.807) is 0 Å². The Bertz CT molecular complexity index is 1110. The standard InChI is InChI=1S/C26H24BrN3O/c1-2-3-17-31-23-15-13-22(14-16-23)28-25-18-24(19-7-5-4-6-8-19)29-26(30-25)20-9-11-21(27)12-10-20/h4-16,18H,2-3,17H2,1H3,(H,28,29,30). The number of unbranched alkanes of at least 4 members (excludes halogenated alkanes) is 1. The summed E-state index contributed by atoms with van der Waals surface area (Å²) in [5, 5.41) is 3.41. The highest BCUT2D eigenvalue weighted by Crippen LogP contribution is 2.27. The van der Waals surface area contributed by atoms with Gasteiger partial charge in [0.05, 0.1) is 12.3 Å². The predicted molar refractivity (Wildman–Crippen MR) is 131 cm³/mol. The lowest BCUT2D eigenvalue weighted by atomic mass is 10.1. The van der Waals surface area contributed by atoms with Gasteiger partial charge in [0.15, 0.2) is 5.82 Å². The van der Waals surface area contributed by atoms with Gasteiger partial charge in [0.1, 0.15) is 11.6 Å². The summed E-state index contributed by atoms with van der Waals surface area (Å²) < 4.78 is 6.78. The van der Waals surface area contributed by atoms with Crippen molar-refractivity contribution in [2.45, 2.75) is 19.8 Å². The Labute approximate surface area is 191 Å². The molecule has 0 saturated heterocycles. The summed E-state index contributed by atoms with van der Waals surface area (Å²) >= 11 is 3.49. The first-order valence-corrected chi connectivity index (χ1v) is 11.2. The lowest BCUT2D eigenvalue weighted by Gasteiger charge is -2.12. The fourth-order valence-electron chi connectivity index (χ4n) is 3.11. The van der Waals surface area contributed by atoms with Crippen LogP contribution in [0.15, 0.2) is 89.4 Å². The van der Waals surface area contributed by atoms with Crippen molar-refractivity contribution in [1.82, 2.24) is 9.97 Å². The zero-order valence-electron chi connectivity index (χ0n) is 17.4. The minimum Gasteiger partial charge on any atom is -0.494 e. The van der Waals surface area contributed by atoms with Crippen molar-refractivity contribution in [3.05, 3.63) is 89.4 Å². The van der Waals surface area contributed by atoms with E-state index >= 15 is 0 Å². The summed E-state index contributed by atoms with van der Waals surface area (Å²) in [5.41, 5.74) is 3.83. The quantitative estimate of drug-likeness (QED) is 0.269. The third-order valence-electron chi connectivity index (χ3n) is 4.79. The van der Waals surface area contributed by atoms with Gasteiger partial charge in [-0.3, -0.25) is 0 Å². The van der Waals surface area contributed by atoms with Crippen LogP contribution in [0.3, 0.4) is 0 Å². The minimum atomic E-state index is 0.677. The van der Waals surface area contributed by atoms with E-state index in [9.17, 15) is 0 Å². The van der Waals surface area contributed by atoms with Crippen LogP contribution in [0.5, 0.6) is 5.75 Å². The Morgan fingerprint density at radius 3 is 2.29 bits per heavy atom. The van der Waals surface area contributed by atoms with Crippen LogP contribution in [-0.4, -0.2) is 16.6 Å². The van der Waals surface area contributed by atoms with Crippen LogP contribution < -0.4 is 10.1 Å². The largest absolute Gasteiger partial charge is 0.494 e. The van der Waals surface area contributed by atoms with Gasteiger partial charge in [-0.25, -0.2) is 9.97 Å². The van der Waals surface area contributed by atoms with Crippen LogP contribution in [-0.2, 0) is 0 Å². The number of nitrogens with one attached hydrogen (secondary N) is 1. The van der Waals surface area contributed by atoms with Gasteiger partial charge >= 0.3 is 0 Å². The lowest BCUT2D eigenvalue weighted by molar-refractivity contribution is 0.309. The number of hydrogen-bond acceptors (Lipinski definition) is 4. The first-order valence-electron chi connectivity index (χ1n) is 10.4. The number of anilines is 2. The van der Waals surface area contributed by atoms with E-state index in [4.69, 9.17) is 14.7 Å². The highest BCUT2D eigenvalue weighted by atomic mass is 79.9. The van der Waals surface area contributed by atoms with Gasteiger partial charge < -0.3 is 10.1 Å².